The van der Waals surface area contributed by atoms with Crippen LogP contribution < -0.4 is 10.6 Å². The molecule has 0 unspecified atom stereocenters. The van der Waals surface area contributed by atoms with E-state index in [2.05, 4.69) is 34.5 Å². The van der Waals surface area contributed by atoms with Crippen LogP contribution in [0.15, 0.2) is 16.6 Å². The molecule has 6 heteroatoms. The number of hydrogen-bond donors (Lipinski definition) is 2. The Morgan fingerprint density at radius 1 is 1.38 bits per heavy atom. The van der Waals surface area contributed by atoms with Gasteiger partial charge in [0.15, 0.2) is 5.96 Å². The summed E-state index contributed by atoms with van der Waals surface area (Å²) in [7, 11) is 0. The van der Waals surface area contributed by atoms with Crippen molar-refractivity contribution in [2.75, 3.05) is 19.6 Å². The average molecular weight is 354 g/mol. The van der Waals surface area contributed by atoms with Gasteiger partial charge in [0.1, 0.15) is 0 Å². The zero-order valence-electron chi connectivity index (χ0n) is 9.69. The fraction of sp³-hybridized carbons (Fsp3) is 0.600. The predicted octanol–water partition coefficient (Wildman–Crippen LogP) is 1.88. The van der Waals surface area contributed by atoms with Crippen molar-refractivity contribution in [3.8, 4) is 0 Å². The molecular weight excluding hydrogens is 335 g/mol. The maximum absolute atomic E-state index is 4.44. The van der Waals surface area contributed by atoms with Crippen LogP contribution in [0, 0.1) is 0 Å². The number of halogens is 1. The minimum Gasteiger partial charge on any atom is -0.357 e. The molecule has 1 aromatic rings. The maximum Gasteiger partial charge on any atom is 0.191 e. The largest absolute Gasteiger partial charge is 0.357 e. The molecule has 0 aliphatic heterocycles. The van der Waals surface area contributed by atoms with E-state index in [1.165, 1.54) is 0 Å². The van der Waals surface area contributed by atoms with Crippen LogP contribution in [0.25, 0.3) is 0 Å². The Morgan fingerprint density at radius 3 is 2.56 bits per heavy atom. The Bertz CT molecular complexity index is 279. The molecular formula is C10H19IN4S. The number of hydrogen-bond acceptors (Lipinski definition) is 3. The number of rotatable bonds is 5. The minimum absolute atomic E-state index is 0. The van der Waals surface area contributed by atoms with E-state index in [-0.39, 0.29) is 24.0 Å². The van der Waals surface area contributed by atoms with Crippen molar-refractivity contribution in [2.45, 2.75) is 20.3 Å². The number of nitrogens with zero attached hydrogens (tertiary/aromatic N) is 2. The summed E-state index contributed by atoms with van der Waals surface area (Å²) in [4.78, 5) is 8.65. The molecule has 0 aliphatic carbocycles. The fourth-order valence-corrected chi connectivity index (χ4v) is 1.76. The van der Waals surface area contributed by atoms with Gasteiger partial charge in [0, 0.05) is 37.6 Å². The van der Waals surface area contributed by atoms with Gasteiger partial charge in [0.25, 0.3) is 0 Å². The van der Waals surface area contributed by atoms with E-state index in [9.17, 15) is 0 Å². The third-order valence-corrected chi connectivity index (χ3v) is 2.61. The monoisotopic (exact) mass is 354 g/mol. The molecule has 0 saturated carbocycles. The first-order chi connectivity index (χ1) is 7.36. The zero-order chi connectivity index (χ0) is 10.9. The molecule has 0 aliphatic rings. The van der Waals surface area contributed by atoms with E-state index in [1.54, 1.807) is 11.3 Å². The second-order valence-corrected chi connectivity index (χ2v) is 3.95. The first-order valence-electron chi connectivity index (χ1n) is 5.27. The highest BCUT2D eigenvalue weighted by Crippen LogP contribution is 2.04. The van der Waals surface area contributed by atoms with Gasteiger partial charge in [-0.25, -0.2) is 4.98 Å². The predicted molar refractivity (Wildman–Crippen MR) is 80.9 cm³/mol. The van der Waals surface area contributed by atoms with Crippen LogP contribution in [0.4, 0.5) is 0 Å². The molecule has 0 fully saturated rings. The van der Waals surface area contributed by atoms with Crippen molar-refractivity contribution in [1.29, 1.82) is 0 Å². The Morgan fingerprint density at radius 2 is 2.06 bits per heavy atom. The summed E-state index contributed by atoms with van der Waals surface area (Å²) >= 11 is 1.68. The van der Waals surface area contributed by atoms with Gasteiger partial charge in [-0.15, -0.1) is 35.3 Å². The SMILES string of the molecule is CCNC(=NCCc1nccs1)NCC.I. The van der Waals surface area contributed by atoms with Crippen LogP contribution in [0.5, 0.6) is 0 Å². The summed E-state index contributed by atoms with van der Waals surface area (Å²) in [6.45, 7) is 6.69. The third-order valence-electron chi connectivity index (χ3n) is 1.77. The van der Waals surface area contributed by atoms with Gasteiger partial charge < -0.3 is 10.6 Å². The number of thiazole rings is 1. The van der Waals surface area contributed by atoms with Crippen molar-refractivity contribution < 1.29 is 0 Å². The fourth-order valence-electron chi connectivity index (χ4n) is 1.15. The van der Waals surface area contributed by atoms with Gasteiger partial charge >= 0.3 is 0 Å². The quantitative estimate of drug-likeness (QED) is 0.482. The number of aromatic nitrogens is 1. The molecule has 2 N–H and O–H groups in total. The van der Waals surface area contributed by atoms with Crippen molar-refractivity contribution in [3.63, 3.8) is 0 Å². The average Bonchev–Trinajstić information content (AvgIpc) is 2.71. The van der Waals surface area contributed by atoms with Gasteiger partial charge in [-0.3, -0.25) is 4.99 Å². The molecule has 16 heavy (non-hydrogen) atoms. The maximum atomic E-state index is 4.44. The van der Waals surface area contributed by atoms with Crippen LogP contribution in [0.3, 0.4) is 0 Å². The molecule has 92 valence electrons. The Hall–Kier alpha value is -0.370. The van der Waals surface area contributed by atoms with Crippen molar-refractivity contribution >= 4 is 41.3 Å². The third kappa shape index (κ3) is 6.26. The first kappa shape index (κ1) is 15.6. The van der Waals surface area contributed by atoms with Crippen molar-refractivity contribution in [1.82, 2.24) is 15.6 Å². The molecule has 1 aromatic heterocycles. The molecule has 0 spiro atoms. The van der Waals surface area contributed by atoms with E-state index in [1.807, 2.05) is 11.6 Å². The molecule has 0 atom stereocenters. The number of nitrogens with one attached hydrogen (secondary N) is 2. The van der Waals surface area contributed by atoms with Crippen LogP contribution in [0.2, 0.25) is 0 Å². The normalized spacial score (nSPS) is 9.12. The zero-order valence-corrected chi connectivity index (χ0v) is 12.8. The molecule has 0 saturated heterocycles. The molecule has 0 amide bonds. The summed E-state index contributed by atoms with van der Waals surface area (Å²) in [5.74, 6) is 0.886. The second-order valence-electron chi connectivity index (χ2n) is 2.97. The first-order valence-corrected chi connectivity index (χ1v) is 6.15. The lowest BCUT2D eigenvalue weighted by molar-refractivity contribution is 0.832. The van der Waals surface area contributed by atoms with E-state index in [0.717, 1.165) is 37.0 Å². The van der Waals surface area contributed by atoms with Crippen LogP contribution in [-0.2, 0) is 6.42 Å². The lowest BCUT2D eigenvalue weighted by Crippen LogP contribution is -2.37. The summed E-state index contributed by atoms with van der Waals surface area (Å²) in [6.07, 6.45) is 2.75. The Labute approximate surface area is 118 Å². The van der Waals surface area contributed by atoms with Gasteiger partial charge in [0.2, 0.25) is 0 Å². The van der Waals surface area contributed by atoms with Crippen LogP contribution in [-0.4, -0.2) is 30.6 Å². The summed E-state index contributed by atoms with van der Waals surface area (Å²) in [5, 5.41) is 9.51. The summed E-state index contributed by atoms with van der Waals surface area (Å²) in [6, 6.07) is 0. The molecule has 4 nitrogen and oxygen atoms in total. The van der Waals surface area contributed by atoms with E-state index >= 15 is 0 Å². The van der Waals surface area contributed by atoms with Crippen molar-refractivity contribution in [2.24, 2.45) is 4.99 Å². The lowest BCUT2D eigenvalue weighted by atomic mass is 10.4. The molecule has 0 radical (unpaired) electrons. The summed E-state index contributed by atoms with van der Waals surface area (Å²) < 4.78 is 0. The highest BCUT2D eigenvalue weighted by atomic mass is 127. The standard InChI is InChI=1S/C10H18N4S.HI/c1-3-11-10(12-4-2)14-6-5-9-13-7-8-15-9;/h7-8H,3-6H2,1-2H3,(H2,11,12,14);1H. The van der Waals surface area contributed by atoms with Gasteiger partial charge in [-0.1, -0.05) is 0 Å². The lowest BCUT2D eigenvalue weighted by Gasteiger charge is -2.08. The highest BCUT2D eigenvalue weighted by molar-refractivity contribution is 14.0. The van der Waals surface area contributed by atoms with Gasteiger partial charge in [-0.2, -0.15) is 0 Å². The molecule has 1 rings (SSSR count). The molecule has 0 aromatic carbocycles. The Balaban J connectivity index is 0.00000225. The number of aliphatic imine (C=N–C) groups is 1. The van der Waals surface area contributed by atoms with E-state index in [0.29, 0.717) is 0 Å². The van der Waals surface area contributed by atoms with Crippen LogP contribution in [0.1, 0.15) is 18.9 Å². The van der Waals surface area contributed by atoms with Crippen molar-refractivity contribution in [3.05, 3.63) is 16.6 Å². The highest BCUT2D eigenvalue weighted by Gasteiger charge is 1.96. The second kappa shape index (κ2) is 9.83. The molecule has 1 heterocycles. The Kier molecular flexibility index (Phi) is 9.60. The number of guanidine groups is 1. The minimum atomic E-state index is 0. The summed E-state index contributed by atoms with van der Waals surface area (Å²) in [5.41, 5.74) is 0. The van der Waals surface area contributed by atoms with E-state index < -0.39 is 0 Å². The van der Waals surface area contributed by atoms with Crippen LogP contribution >= 0.6 is 35.3 Å². The van der Waals surface area contributed by atoms with Gasteiger partial charge in [0.05, 0.1) is 5.01 Å². The van der Waals surface area contributed by atoms with Gasteiger partial charge in [-0.05, 0) is 13.8 Å². The topological polar surface area (TPSA) is 49.3 Å². The van der Waals surface area contributed by atoms with E-state index in [4.69, 9.17) is 0 Å². The molecule has 0 bridgehead atoms. The smallest absolute Gasteiger partial charge is 0.191 e.